The number of carbonyl (C=O) groups is 5. The van der Waals surface area contributed by atoms with Gasteiger partial charge in [-0.1, -0.05) is 30.4 Å². The molecule has 1 aliphatic rings. The third kappa shape index (κ3) is 2.75. The molecule has 0 fully saturated rings. The zero-order valence-corrected chi connectivity index (χ0v) is 13.0. The van der Waals surface area contributed by atoms with E-state index in [1.165, 1.54) is 12.1 Å². The van der Waals surface area contributed by atoms with E-state index in [9.17, 15) is 44.4 Å². The molecule has 0 saturated heterocycles. The summed E-state index contributed by atoms with van der Waals surface area (Å²) in [5.41, 5.74) is -5.48. The molecular formula is C17H12O9. The number of hydrogen-bond acceptors (Lipinski definition) is 5. The van der Waals surface area contributed by atoms with Gasteiger partial charge in [0.25, 0.3) is 0 Å². The van der Waals surface area contributed by atoms with Crippen molar-refractivity contribution in [3.63, 3.8) is 0 Å². The van der Waals surface area contributed by atoms with Gasteiger partial charge in [-0.05, 0) is 12.5 Å². The van der Waals surface area contributed by atoms with E-state index < -0.39 is 58.2 Å². The summed E-state index contributed by atoms with van der Waals surface area (Å²) in [6.07, 6.45) is 1.39. The van der Waals surface area contributed by atoms with Gasteiger partial charge in [0.15, 0.2) is 5.78 Å². The molecule has 0 radical (unpaired) electrons. The maximum Gasteiger partial charge on any atom is 0.336 e. The van der Waals surface area contributed by atoms with Gasteiger partial charge in [0, 0.05) is 11.1 Å². The van der Waals surface area contributed by atoms with E-state index in [2.05, 4.69) is 0 Å². The fourth-order valence-electron chi connectivity index (χ4n) is 2.75. The molecule has 4 N–H and O–H groups in total. The number of carbonyl (C=O) groups excluding carboxylic acids is 1. The van der Waals surface area contributed by atoms with Crippen molar-refractivity contribution in [3.8, 4) is 0 Å². The molecule has 1 aromatic carbocycles. The minimum Gasteiger partial charge on any atom is -0.480 e. The van der Waals surface area contributed by atoms with Crippen LogP contribution < -0.4 is 0 Å². The second-order valence-electron chi connectivity index (χ2n) is 5.40. The largest absolute Gasteiger partial charge is 0.480 e. The van der Waals surface area contributed by atoms with Crippen LogP contribution in [-0.4, -0.2) is 50.1 Å². The molecule has 1 aliphatic carbocycles. The first kappa shape index (κ1) is 18.6. The summed E-state index contributed by atoms with van der Waals surface area (Å²) in [6, 6.07) is 4.94. The van der Waals surface area contributed by atoms with Gasteiger partial charge in [-0.3, -0.25) is 14.4 Å². The van der Waals surface area contributed by atoms with Crippen LogP contribution in [0, 0.1) is 5.41 Å². The van der Waals surface area contributed by atoms with Crippen LogP contribution in [0.15, 0.2) is 47.6 Å². The average molecular weight is 360 g/mol. The van der Waals surface area contributed by atoms with Crippen molar-refractivity contribution in [2.24, 2.45) is 5.41 Å². The Kier molecular flexibility index (Phi) is 4.74. The SMILES string of the molecule is O=C(O)C1=C(C(=O)c2ccccc2C(=O)O)C=CCC1(C(=O)O)C(=O)O. The Hall–Kier alpha value is -3.75. The van der Waals surface area contributed by atoms with E-state index >= 15 is 0 Å². The monoisotopic (exact) mass is 360 g/mol. The second kappa shape index (κ2) is 6.63. The number of aromatic carboxylic acids is 1. The van der Waals surface area contributed by atoms with Gasteiger partial charge in [0.05, 0.1) is 11.1 Å². The Balaban J connectivity index is 2.80. The summed E-state index contributed by atoms with van der Waals surface area (Å²) in [6.45, 7) is 0. The Morgan fingerprint density at radius 1 is 0.808 bits per heavy atom. The van der Waals surface area contributed by atoms with Gasteiger partial charge < -0.3 is 20.4 Å². The summed E-state index contributed by atoms with van der Waals surface area (Å²) >= 11 is 0. The van der Waals surface area contributed by atoms with Gasteiger partial charge in [-0.25, -0.2) is 9.59 Å². The summed E-state index contributed by atoms with van der Waals surface area (Å²) in [5, 5.41) is 37.4. The molecule has 0 spiro atoms. The van der Waals surface area contributed by atoms with E-state index in [-0.39, 0.29) is 5.56 Å². The normalized spacial score (nSPS) is 15.4. The zero-order valence-electron chi connectivity index (χ0n) is 13.0. The van der Waals surface area contributed by atoms with Crippen molar-refractivity contribution in [2.45, 2.75) is 6.42 Å². The summed E-state index contributed by atoms with van der Waals surface area (Å²) in [4.78, 5) is 58.9. The van der Waals surface area contributed by atoms with Gasteiger partial charge in [-0.2, -0.15) is 0 Å². The standard InChI is InChI=1S/C17H12O9/c18-12(8-4-1-2-5-9(8)13(19)20)10-6-3-7-17(15(23)24,16(25)26)11(10)14(21)22/h1-6H,7H2,(H,19,20)(H,21,22)(H,23,24)(H,25,26). The molecule has 0 unspecified atom stereocenters. The first-order valence-electron chi connectivity index (χ1n) is 7.13. The lowest BCUT2D eigenvalue weighted by Gasteiger charge is -2.28. The molecule has 0 heterocycles. The number of benzene rings is 1. The Labute approximate surface area is 145 Å². The highest BCUT2D eigenvalue weighted by Gasteiger charge is 2.55. The van der Waals surface area contributed by atoms with Crippen LogP contribution in [0.3, 0.4) is 0 Å². The third-order valence-corrected chi connectivity index (χ3v) is 4.00. The molecule has 0 aromatic heterocycles. The minimum atomic E-state index is -2.86. The quantitative estimate of drug-likeness (QED) is 0.428. The molecule has 0 aliphatic heterocycles. The Morgan fingerprint density at radius 2 is 1.35 bits per heavy atom. The number of hydrogen-bond donors (Lipinski definition) is 4. The average Bonchev–Trinajstić information content (AvgIpc) is 2.59. The van der Waals surface area contributed by atoms with Gasteiger partial charge in [0.1, 0.15) is 0 Å². The number of ketones is 1. The summed E-state index contributed by atoms with van der Waals surface area (Å²) < 4.78 is 0. The van der Waals surface area contributed by atoms with Crippen molar-refractivity contribution >= 4 is 29.7 Å². The van der Waals surface area contributed by atoms with E-state index in [1.54, 1.807) is 0 Å². The topological polar surface area (TPSA) is 166 Å². The van der Waals surface area contributed by atoms with Crippen molar-refractivity contribution in [3.05, 3.63) is 58.7 Å². The second-order valence-corrected chi connectivity index (χ2v) is 5.40. The molecule has 1 aromatic rings. The van der Waals surface area contributed by atoms with Gasteiger partial charge in [0.2, 0.25) is 5.41 Å². The summed E-state index contributed by atoms with van der Waals surface area (Å²) in [5.74, 6) is -8.32. The van der Waals surface area contributed by atoms with Gasteiger partial charge >= 0.3 is 23.9 Å². The van der Waals surface area contributed by atoms with Crippen LogP contribution in [0.4, 0.5) is 0 Å². The van der Waals surface area contributed by atoms with Crippen molar-refractivity contribution < 1.29 is 44.4 Å². The third-order valence-electron chi connectivity index (χ3n) is 4.00. The van der Waals surface area contributed by atoms with Crippen LogP contribution in [0.25, 0.3) is 0 Å². The zero-order chi connectivity index (χ0) is 19.6. The highest BCUT2D eigenvalue weighted by Crippen LogP contribution is 2.40. The van der Waals surface area contributed by atoms with Crippen LogP contribution in [0.1, 0.15) is 27.1 Å². The first-order chi connectivity index (χ1) is 12.1. The van der Waals surface area contributed by atoms with Crippen LogP contribution in [-0.2, 0) is 14.4 Å². The van der Waals surface area contributed by atoms with Crippen LogP contribution in [0.5, 0.6) is 0 Å². The Morgan fingerprint density at radius 3 is 1.81 bits per heavy atom. The molecule has 0 saturated carbocycles. The first-order valence-corrected chi connectivity index (χ1v) is 7.13. The minimum absolute atomic E-state index is 0.384. The molecule has 0 amide bonds. The molecule has 9 nitrogen and oxygen atoms in total. The number of aliphatic carboxylic acids is 3. The maximum atomic E-state index is 12.8. The highest BCUT2D eigenvalue weighted by molar-refractivity contribution is 6.22. The number of rotatable bonds is 6. The molecule has 134 valence electrons. The molecule has 0 atom stereocenters. The maximum absolute atomic E-state index is 12.8. The number of allylic oxidation sites excluding steroid dienone is 3. The van der Waals surface area contributed by atoms with Crippen molar-refractivity contribution in [1.29, 1.82) is 0 Å². The molecule has 9 heteroatoms. The summed E-state index contributed by atoms with van der Waals surface area (Å²) in [7, 11) is 0. The fraction of sp³-hybridized carbons (Fsp3) is 0.118. The lowest BCUT2D eigenvalue weighted by Crippen LogP contribution is -2.45. The smallest absolute Gasteiger partial charge is 0.336 e. The highest BCUT2D eigenvalue weighted by atomic mass is 16.4. The number of carboxylic acid groups (broad SMARTS) is 4. The molecule has 26 heavy (non-hydrogen) atoms. The van der Waals surface area contributed by atoms with E-state index in [4.69, 9.17) is 0 Å². The fourth-order valence-corrected chi connectivity index (χ4v) is 2.75. The lowest BCUT2D eigenvalue weighted by atomic mass is 9.71. The lowest BCUT2D eigenvalue weighted by molar-refractivity contribution is -0.164. The predicted molar refractivity (Wildman–Crippen MR) is 83.9 cm³/mol. The molecule has 0 bridgehead atoms. The van der Waals surface area contributed by atoms with Crippen LogP contribution in [0.2, 0.25) is 0 Å². The van der Waals surface area contributed by atoms with E-state index in [1.807, 2.05) is 0 Å². The Bertz CT molecular complexity index is 891. The molecule has 2 rings (SSSR count). The van der Waals surface area contributed by atoms with Gasteiger partial charge in [-0.15, -0.1) is 0 Å². The van der Waals surface area contributed by atoms with E-state index in [0.29, 0.717) is 0 Å². The van der Waals surface area contributed by atoms with Crippen molar-refractivity contribution in [2.75, 3.05) is 0 Å². The van der Waals surface area contributed by atoms with E-state index in [0.717, 1.165) is 24.3 Å². The van der Waals surface area contributed by atoms with Crippen molar-refractivity contribution in [1.82, 2.24) is 0 Å². The predicted octanol–water partition coefficient (Wildman–Crippen LogP) is 1.06. The molecular weight excluding hydrogens is 348 g/mol. The van der Waals surface area contributed by atoms with Crippen LogP contribution >= 0.6 is 0 Å². The number of Topliss-reactive ketones (excluding diaryl/α,β-unsaturated/α-hetero) is 1. The number of carboxylic acids is 4.